The lowest BCUT2D eigenvalue weighted by molar-refractivity contribution is 0.808. The fourth-order valence-corrected chi connectivity index (χ4v) is 1.01. The van der Waals surface area contributed by atoms with E-state index in [9.17, 15) is 0 Å². The number of rotatable bonds is 2. The summed E-state index contributed by atoms with van der Waals surface area (Å²) in [6, 6.07) is 7.12. The van der Waals surface area contributed by atoms with Crippen LogP contribution in [0, 0.1) is 0 Å². The summed E-state index contributed by atoms with van der Waals surface area (Å²) in [6.45, 7) is 1.84. The quantitative estimate of drug-likeness (QED) is 0.379. The van der Waals surface area contributed by atoms with Crippen LogP contribution in [-0.2, 0) is 0 Å². The van der Waals surface area contributed by atoms with Crippen LogP contribution in [0.5, 0.6) is 0 Å². The highest BCUT2D eigenvalue weighted by Crippen LogP contribution is 2.18. The number of azide groups is 1. The minimum atomic E-state index is -0.132. The van der Waals surface area contributed by atoms with E-state index in [4.69, 9.17) is 17.1 Å². The van der Waals surface area contributed by atoms with Gasteiger partial charge in [0.1, 0.15) is 0 Å². The second-order valence-electron chi connectivity index (χ2n) is 2.43. The molecular weight excluding hydrogens is 174 g/mol. The predicted octanol–water partition coefficient (Wildman–Crippen LogP) is 3.71. The summed E-state index contributed by atoms with van der Waals surface area (Å²) >= 11 is 5.69. The van der Waals surface area contributed by atoms with Crippen LogP contribution in [0.25, 0.3) is 10.4 Å². The largest absolute Gasteiger partial charge is 0.0862 e. The van der Waals surface area contributed by atoms with Crippen LogP contribution in [-0.4, -0.2) is 0 Å². The smallest absolute Gasteiger partial charge is 0.0597 e. The van der Waals surface area contributed by atoms with Gasteiger partial charge in [-0.15, -0.1) is 0 Å². The van der Waals surface area contributed by atoms with Crippen LogP contribution in [0.15, 0.2) is 29.4 Å². The molecule has 1 rings (SSSR count). The molecule has 0 amide bonds. The summed E-state index contributed by atoms with van der Waals surface area (Å²) in [5.41, 5.74) is 9.15. The Kier molecular flexibility index (Phi) is 2.97. The highest BCUT2D eigenvalue weighted by atomic mass is 35.5. The van der Waals surface area contributed by atoms with Crippen molar-refractivity contribution in [1.29, 1.82) is 0 Å². The highest BCUT2D eigenvalue weighted by Gasteiger charge is 2.00. The van der Waals surface area contributed by atoms with Gasteiger partial charge in [0.25, 0.3) is 0 Å². The van der Waals surface area contributed by atoms with Crippen molar-refractivity contribution < 1.29 is 0 Å². The Morgan fingerprint density at radius 1 is 1.42 bits per heavy atom. The van der Waals surface area contributed by atoms with Crippen molar-refractivity contribution in [3.8, 4) is 0 Å². The molecule has 12 heavy (non-hydrogen) atoms. The van der Waals surface area contributed by atoms with Crippen molar-refractivity contribution in [1.82, 2.24) is 0 Å². The second-order valence-corrected chi connectivity index (χ2v) is 2.87. The van der Waals surface area contributed by atoms with Gasteiger partial charge in [-0.2, -0.15) is 0 Å². The van der Waals surface area contributed by atoms with Crippen molar-refractivity contribution >= 4 is 11.6 Å². The molecule has 1 atom stereocenters. The normalized spacial score (nSPS) is 11.8. The van der Waals surface area contributed by atoms with Gasteiger partial charge in [0, 0.05) is 9.93 Å². The predicted molar refractivity (Wildman–Crippen MR) is 49.0 cm³/mol. The van der Waals surface area contributed by atoms with Gasteiger partial charge >= 0.3 is 0 Å². The van der Waals surface area contributed by atoms with Gasteiger partial charge in [-0.1, -0.05) is 35.8 Å². The number of hydrogen-bond donors (Lipinski definition) is 0. The van der Waals surface area contributed by atoms with Crippen molar-refractivity contribution in [2.24, 2.45) is 5.11 Å². The van der Waals surface area contributed by atoms with E-state index in [1.807, 2.05) is 19.1 Å². The van der Waals surface area contributed by atoms with Crippen molar-refractivity contribution in [2.45, 2.75) is 13.0 Å². The van der Waals surface area contributed by atoms with Crippen LogP contribution in [0.3, 0.4) is 0 Å². The summed E-state index contributed by atoms with van der Waals surface area (Å²) in [5.74, 6) is 0. The molecule has 0 unspecified atom stereocenters. The summed E-state index contributed by atoms with van der Waals surface area (Å²) in [4.78, 5) is 2.73. The Balaban J connectivity index is 2.89. The zero-order valence-electron chi connectivity index (χ0n) is 6.61. The maximum atomic E-state index is 8.18. The van der Waals surface area contributed by atoms with Crippen LogP contribution < -0.4 is 0 Å². The minimum Gasteiger partial charge on any atom is -0.0862 e. The Labute approximate surface area is 75.6 Å². The molecular formula is C8H8ClN3. The van der Waals surface area contributed by atoms with Crippen molar-refractivity contribution in [3.63, 3.8) is 0 Å². The molecule has 0 spiro atoms. The fourth-order valence-electron chi connectivity index (χ4n) is 0.885. The summed E-state index contributed by atoms with van der Waals surface area (Å²) in [7, 11) is 0. The summed E-state index contributed by atoms with van der Waals surface area (Å²) in [6.07, 6.45) is 0. The number of hydrogen-bond acceptors (Lipinski definition) is 1. The SMILES string of the molecule is C[C@H](N=[N+]=[N-])c1ccc(Cl)cc1. The third-order valence-corrected chi connectivity index (χ3v) is 1.83. The minimum absolute atomic E-state index is 0.132. The molecule has 0 fully saturated rings. The van der Waals surface area contributed by atoms with E-state index >= 15 is 0 Å². The number of benzene rings is 1. The second kappa shape index (κ2) is 4.00. The molecule has 62 valence electrons. The molecule has 0 aliphatic rings. The van der Waals surface area contributed by atoms with E-state index in [-0.39, 0.29) is 6.04 Å². The van der Waals surface area contributed by atoms with Crippen LogP contribution in [0.2, 0.25) is 5.02 Å². The first-order valence-electron chi connectivity index (χ1n) is 3.53. The van der Waals surface area contributed by atoms with Gasteiger partial charge in [-0.3, -0.25) is 0 Å². The lowest BCUT2D eigenvalue weighted by Crippen LogP contribution is -1.86. The zero-order valence-corrected chi connectivity index (χ0v) is 7.36. The van der Waals surface area contributed by atoms with Gasteiger partial charge in [0.2, 0.25) is 0 Å². The maximum Gasteiger partial charge on any atom is 0.0597 e. The van der Waals surface area contributed by atoms with E-state index in [1.165, 1.54) is 0 Å². The molecule has 0 saturated carbocycles. The van der Waals surface area contributed by atoms with Gasteiger partial charge in [-0.05, 0) is 23.2 Å². The molecule has 0 aliphatic heterocycles. The topological polar surface area (TPSA) is 48.8 Å². The Hall–Kier alpha value is -1.18. The van der Waals surface area contributed by atoms with E-state index < -0.39 is 0 Å². The highest BCUT2D eigenvalue weighted by molar-refractivity contribution is 6.30. The first kappa shape index (κ1) is 8.91. The molecule has 1 aromatic carbocycles. The molecule has 4 heteroatoms. The van der Waals surface area contributed by atoms with Gasteiger partial charge in [0.05, 0.1) is 6.04 Å². The molecule has 0 heterocycles. The van der Waals surface area contributed by atoms with E-state index in [2.05, 4.69) is 10.0 Å². The maximum absolute atomic E-state index is 8.18. The lowest BCUT2D eigenvalue weighted by Gasteiger charge is -2.03. The first-order valence-corrected chi connectivity index (χ1v) is 3.91. The van der Waals surface area contributed by atoms with E-state index in [0.29, 0.717) is 5.02 Å². The molecule has 0 N–H and O–H groups in total. The van der Waals surface area contributed by atoms with Crippen molar-refractivity contribution in [3.05, 3.63) is 45.3 Å². The molecule has 1 aromatic rings. The van der Waals surface area contributed by atoms with E-state index in [0.717, 1.165) is 5.56 Å². The Morgan fingerprint density at radius 2 is 2.00 bits per heavy atom. The molecule has 0 aromatic heterocycles. The van der Waals surface area contributed by atoms with Crippen LogP contribution in [0.4, 0.5) is 0 Å². The monoisotopic (exact) mass is 181 g/mol. The summed E-state index contributed by atoms with van der Waals surface area (Å²) in [5, 5.41) is 4.25. The van der Waals surface area contributed by atoms with Crippen molar-refractivity contribution in [2.75, 3.05) is 0 Å². The fraction of sp³-hybridized carbons (Fsp3) is 0.250. The van der Waals surface area contributed by atoms with Gasteiger partial charge in [0.15, 0.2) is 0 Å². The first-order chi connectivity index (χ1) is 5.74. The lowest BCUT2D eigenvalue weighted by atomic mass is 10.1. The Bertz CT molecular complexity index is 301. The number of halogens is 1. The molecule has 0 bridgehead atoms. The van der Waals surface area contributed by atoms with Crippen LogP contribution in [0.1, 0.15) is 18.5 Å². The molecule has 0 saturated heterocycles. The van der Waals surface area contributed by atoms with Gasteiger partial charge in [-0.25, -0.2) is 0 Å². The van der Waals surface area contributed by atoms with Gasteiger partial charge < -0.3 is 0 Å². The average Bonchev–Trinajstić information content (AvgIpc) is 2.06. The molecule has 0 aliphatic carbocycles. The Morgan fingerprint density at radius 3 is 2.50 bits per heavy atom. The van der Waals surface area contributed by atoms with E-state index in [1.54, 1.807) is 12.1 Å². The standard InChI is InChI=1S/C8H8ClN3/c1-6(11-12-10)7-2-4-8(9)5-3-7/h2-6H,1H3/t6-/m0/s1. The third kappa shape index (κ3) is 2.16. The van der Waals surface area contributed by atoms with Crippen LogP contribution >= 0.6 is 11.6 Å². The summed E-state index contributed by atoms with van der Waals surface area (Å²) < 4.78 is 0. The number of nitrogens with zero attached hydrogens (tertiary/aromatic N) is 3. The molecule has 3 nitrogen and oxygen atoms in total. The average molecular weight is 182 g/mol. The molecule has 0 radical (unpaired) electrons. The third-order valence-electron chi connectivity index (χ3n) is 1.58. The zero-order chi connectivity index (χ0) is 8.97.